The van der Waals surface area contributed by atoms with E-state index in [0.29, 0.717) is 5.69 Å². The van der Waals surface area contributed by atoms with Crippen LogP contribution in [0.5, 0.6) is 0 Å². The molecule has 0 unspecified atom stereocenters. The average molecular weight is 167 g/mol. The number of carboxylic acid groups (broad SMARTS) is 1. The molecule has 0 N–H and O–H groups in total. The van der Waals surface area contributed by atoms with Crippen molar-refractivity contribution < 1.29 is 9.90 Å². The number of nitrogens with zero attached hydrogens (tertiary/aromatic N) is 2. The van der Waals surface area contributed by atoms with Crippen LogP contribution in [0, 0.1) is 6.92 Å². The zero-order valence-corrected chi connectivity index (χ0v) is 7.20. The van der Waals surface area contributed by atoms with E-state index < -0.39 is 5.97 Å². The number of hydrogen-bond donors (Lipinski definition) is 0. The minimum absolute atomic E-state index is 0.184. The lowest BCUT2D eigenvalue weighted by Gasteiger charge is -2.03. The van der Waals surface area contributed by atoms with Crippen molar-refractivity contribution in [2.45, 2.75) is 26.8 Å². The second-order valence-corrected chi connectivity index (χ2v) is 2.65. The Kier molecular flexibility index (Phi) is 2.47. The van der Waals surface area contributed by atoms with Crippen molar-refractivity contribution in [1.82, 2.24) is 9.78 Å². The second kappa shape index (κ2) is 3.38. The van der Waals surface area contributed by atoms with Gasteiger partial charge in [0.05, 0.1) is 12.2 Å². The Morgan fingerprint density at radius 2 is 2.42 bits per heavy atom. The van der Waals surface area contributed by atoms with Gasteiger partial charge in [-0.3, -0.25) is 4.68 Å². The summed E-state index contributed by atoms with van der Waals surface area (Å²) in [6.45, 7) is 4.49. The maximum absolute atomic E-state index is 10.5. The molecule has 0 aliphatic heterocycles. The minimum Gasteiger partial charge on any atom is -0.545 e. The number of aromatic nitrogens is 2. The summed E-state index contributed by atoms with van der Waals surface area (Å²) < 4.78 is 1.67. The van der Waals surface area contributed by atoms with Gasteiger partial charge in [-0.2, -0.15) is 5.10 Å². The first-order chi connectivity index (χ1) is 5.66. The zero-order chi connectivity index (χ0) is 9.14. The van der Waals surface area contributed by atoms with Gasteiger partial charge in [0.15, 0.2) is 0 Å². The molecule has 0 aromatic carbocycles. The molecular weight excluding hydrogens is 156 g/mol. The molecule has 0 amide bonds. The molecule has 1 aromatic heterocycles. The largest absolute Gasteiger partial charge is 0.545 e. The molecule has 1 rings (SSSR count). The summed E-state index contributed by atoms with van der Waals surface area (Å²) in [4.78, 5) is 10.5. The maximum atomic E-state index is 10.5. The van der Waals surface area contributed by atoms with Crippen molar-refractivity contribution in [2.75, 3.05) is 0 Å². The van der Waals surface area contributed by atoms with Gasteiger partial charge in [-0.25, -0.2) is 0 Å². The molecule has 1 aromatic rings. The fourth-order valence-corrected chi connectivity index (χ4v) is 1.08. The van der Waals surface area contributed by atoms with Crippen LogP contribution in [0.25, 0.3) is 0 Å². The molecule has 12 heavy (non-hydrogen) atoms. The molecule has 0 bridgehead atoms. The molecule has 4 heteroatoms. The lowest BCUT2D eigenvalue weighted by molar-refractivity contribution is -0.255. The normalized spacial score (nSPS) is 10.2. The number of carbonyl (C=O) groups is 1. The molecule has 0 spiro atoms. The highest BCUT2D eigenvalue weighted by Crippen LogP contribution is 2.05. The topological polar surface area (TPSA) is 58.0 Å². The summed E-state index contributed by atoms with van der Waals surface area (Å²) >= 11 is 0. The number of carboxylic acids is 1. The van der Waals surface area contributed by atoms with Gasteiger partial charge in [0.2, 0.25) is 0 Å². The van der Waals surface area contributed by atoms with Crippen LogP contribution >= 0.6 is 0 Å². The number of aryl methyl sites for hydroxylation is 1. The van der Waals surface area contributed by atoms with Crippen LogP contribution in [0.2, 0.25) is 0 Å². The van der Waals surface area contributed by atoms with Gasteiger partial charge >= 0.3 is 0 Å². The van der Waals surface area contributed by atoms with Crippen molar-refractivity contribution in [3.8, 4) is 0 Å². The SMILES string of the molecule is CCCn1ncc(C(=O)[O-])c1C. The van der Waals surface area contributed by atoms with Crippen molar-refractivity contribution in [3.63, 3.8) is 0 Å². The maximum Gasteiger partial charge on any atom is 0.0749 e. The van der Waals surface area contributed by atoms with E-state index in [2.05, 4.69) is 5.10 Å². The lowest BCUT2D eigenvalue weighted by atomic mass is 10.3. The average Bonchev–Trinajstić information content (AvgIpc) is 2.34. The molecule has 0 aliphatic rings. The molecule has 0 aliphatic carbocycles. The fraction of sp³-hybridized carbons (Fsp3) is 0.500. The van der Waals surface area contributed by atoms with E-state index in [0.717, 1.165) is 13.0 Å². The summed E-state index contributed by atoms with van der Waals surface area (Å²) in [5.74, 6) is -1.16. The standard InChI is InChI=1S/C8H12N2O2/c1-3-4-10-6(2)7(5-9-10)8(11)12/h5H,3-4H2,1-2H3,(H,11,12)/p-1. The predicted molar refractivity (Wildman–Crippen MR) is 41.6 cm³/mol. The van der Waals surface area contributed by atoms with E-state index in [1.165, 1.54) is 6.20 Å². The highest BCUT2D eigenvalue weighted by atomic mass is 16.4. The van der Waals surface area contributed by atoms with Gasteiger partial charge in [-0.1, -0.05) is 6.92 Å². The highest BCUT2D eigenvalue weighted by molar-refractivity contribution is 5.86. The summed E-state index contributed by atoms with van der Waals surface area (Å²) in [6.07, 6.45) is 2.27. The molecule has 1 heterocycles. The first-order valence-corrected chi connectivity index (χ1v) is 3.90. The van der Waals surface area contributed by atoms with E-state index in [9.17, 15) is 9.90 Å². The fourth-order valence-electron chi connectivity index (χ4n) is 1.08. The van der Waals surface area contributed by atoms with E-state index in [4.69, 9.17) is 0 Å². The van der Waals surface area contributed by atoms with Crippen molar-refractivity contribution in [1.29, 1.82) is 0 Å². The van der Waals surface area contributed by atoms with Crippen molar-refractivity contribution in [2.24, 2.45) is 0 Å². The predicted octanol–water partition coefficient (Wildman–Crippen LogP) is -0.0350. The summed E-state index contributed by atoms with van der Waals surface area (Å²) in [5, 5.41) is 14.4. The van der Waals surface area contributed by atoms with Crippen LogP contribution in [0.3, 0.4) is 0 Å². The first kappa shape index (κ1) is 8.77. The number of aromatic carboxylic acids is 1. The molecule has 66 valence electrons. The highest BCUT2D eigenvalue weighted by Gasteiger charge is 2.05. The van der Waals surface area contributed by atoms with Gasteiger partial charge in [-0.15, -0.1) is 0 Å². The summed E-state index contributed by atoms with van der Waals surface area (Å²) in [6, 6.07) is 0. The number of rotatable bonds is 3. The minimum atomic E-state index is -1.16. The second-order valence-electron chi connectivity index (χ2n) is 2.65. The Morgan fingerprint density at radius 3 is 2.83 bits per heavy atom. The van der Waals surface area contributed by atoms with E-state index in [-0.39, 0.29) is 5.56 Å². The van der Waals surface area contributed by atoms with Crippen LogP contribution in [0.15, 0.2) is 6.20 Å². The monoisotopic (exact) mass is 167 g/mol. The van der Waals surface area contributed by atoms with Crippen LogP contribution in [-0.2, 0) is 6.54 Å². The third kappa shape index (κ3) is 1.47. The van der Waals surface area contributed by atoms with Gasteiger partial charge in [0.1, 0.15) is 0 Å². The van der Waals surface area contributed by atoms with Gasteiger partial charge in [0, 0.05) is 17.8 Å². The zero-order valence-electron chi connectivity index (χ0n) is 7.20. The number of hydrogen-bond acceptors (Lipinski definition) is 3. The Morgan fingerprint density at radius 1 is 1.75 bits per heavy atom. The van der Waals surface area contributed by atoms with Crippen LogP contribution in [-0.4, -0.2) is 15.7 Å². The Labute approximate surface area is 70.8 Å². The van der Waals surface area contributed by atoms with E-state index in [1.807, 2.05) is 6.92 Å². The van der Waals surface area contributed by atoms with Gasteiger partial charge in [-0.05, 0) is 13.3 Å². The smallest absolute Gasteiger partial charge is 0.0749 e. The molecule has 0 fully saturated rings. The lowest BCUT2D eigenvalue weighted by Crippen LogP contribution is -2.22. The van der Waals surface area contributed by atoms with E-state index >= 15 is 0 Å². The molecule has 4 nitrogen and oxygen atoms in total. The Bertz CT molecular complexity index is 291. The summed E-state index contributed by atoms with van der Waals surface area (Å²) in [5.41, 5.74) is 0.848. The first-order valence-electron chi connectivity index (χ1n) is 3.90. The van der Waals surface area contributed by atoms with Crippen LogP contribution < -0.4 is 5.11 Å². The molecular formula is C8H11N2O2-. The third-order valence-corrected chi connectivity index (χ3v) is 1.76. The third-order valence-electron chi connectivity index (χ3n) is 1.76. The summed E-state index contributed by atoms with van der Waals surface area (Å²) in [7, 11) is 0. The molecule has 0 saturated carbocycles. The van der Waals surface area contributed by atoms with Gasteiger partial charge < -0.3 is 9.90 Å². The quantitative estimate of drug-likeness (QED) is 0.635. The van der Waals surface area contributed by atoms with E-state index in [1.54, 1.807) is 11.6 Å². The van der Waals surface area contributed by atoms with Crippen molar-refractivity contribution in [3.05, 3.63) is 17.5 Å². The molecule has 0 radical (unpaired) electrons. The van der Waals surface area contributed by atoms with Gasteiger partial charge in [0.25, 0.3) is 0 Å². The van der Waals surface area contributed by atoms with Crippen LogP contribution in [0.1, 0.15) is 29.4 Å². The van der Waals surface area contributed by atoms with Crippen molar-refractivity contribution >= 4 is 5.97 Å². The Balaban J connectivity index is 2.96. The van der Waals surface area contributed by atoms with Crippen LogP contribution in [0.4, 0.5) is 0 Å². The molecule has 0 atom stereocenters. The Hall–Kier alpha value is -1.32. The number of carbonyl (C=O) groups excluding carboxylic acids is 1. The molecule has 0 saturated heterocycles.